The fourth-order valence-corrected chi connectivity index (χ4v) is 1.25. The van der Waals surface area contributed by atoms with Crippen LogP contribution in [0.3, 0.4) is 0 Å². The summed E-state index contributed by atoms with van der Waals surface area (Å²) in [5, 5.41) is 6.85. The predicted molar refractivity (Wildman–Crippen MR) is 47.9 cm³/mol. The average Bonchev–Trinajstić information content (AvgIpc) is 2.23. The van der Waals surface area contributed by atoms with Gasteiger partial charge in [0.2, 0.25) is 0 Å². The van der Waals surface area contributed by atoms with E-state index in [2.05, 4.69) is 0 Å². The normalized spacial score (nSPS) is 10.4. The highest BCUT2D eigenvalue weighted by molar-refractivity contribution is 6.31. The molecule has 92 valence electrons. The van der Waals surface area contributed by atoms with E-state index in [1.54, 1.807) is 0 Å². The number of ketones is 1. The van der Waals surface area contributed by atoms with Crippen LogP contribution in [0.4, 0.5) is 17.6 Å². The molecule has 0 amide bonds. The molecule has 0 fully saturated rings. The topological polar surface area (TPSA) is 54.4 Å². The van der Waals surface area contributed by atoms with E-state index in [0.29, 0.717) is 0 Å². The number of benzene rings is 1. The summed E-state index contributed by atoms with van der Waals surface area (Å²) >= 11 is 4.98. The maximum Gasteiger partial charge on any atom is 0.311 e. The van der Waals surface area contributed by atoms with Gasteiger partial charge in [-0.1, -0.05) is 11.6 Å². The van der Waals surface area contributed by atoms with Crippen molar-refractivity contribution >= 4 is 23.4 Å². The summed E-state index contributed by atoms with van der Waals surface area (Å²) in [7, 11) is 0. The predicted octanol–water partition coefficient (Wildman–Crippen LogP) is 2.55. The molecule has 0 unspecified atom stereocenters. The standard InChI is InChI=1S/C9H3ClF4O3/c10-5-6(11)4(2(15)1-3(16)17)7(12)9(14)8(5)13/h1H2,(H,16,17). The highest BCUT2D eigenvalue weighted by Crippen LogP contribution is 2.28. The van der Waals surface area contributed by atoms with Crippen LogP contribution in [0.5, 0.6) is 0 Å². The van der Waals surface area contributed by atoms with E-state index in [-0.39, 0.29) is 0 Å². The van der Waals surface area contributed by atoms with E-state index in [4.69, 9.17) is 16.7 Å². The van der Waals surface area contributed by atoms with E-state index in [9.17, 15) is 27.2 Å². The lowest BCUT2D eigenvalue weighted by atomic mass is 10.1. The number of carbonyl (C=O) groups excluding carboxylic acids is 1. The van der Waals surface area contributed by atoms with Gasteiger partial charge in [-0.3, -0.25) is 9.59 Å². The molecule has 0 spiro atoms. The van der Waals surface area contributed by atoms with Gasteiger partial charge in [0.05, 0.1) is 5.56 Å². The molecule has 1 rings (SSSR count). The molecule has 8 heteroatoms. The molecule has 0 aliphatic heterocycles. The van der Waals surface area contributed by atoms with Crippen LogP contribution in [0, 0.1) is 23.3 Å². The van der Waals surface area contributed by atoms with Crippen LogP contribution in [0.1, 0.15) is 16.8 Å². The lowest BCUT2D eigenvalue weighted by molar-refractivity contribution is -0.135. The van der Waals surface area contributed by atoms with Crippen LogP contribution in [0.15, 0.2) is 0 Å². The van der Waals surface area contributed by atoms with Gasteiger partial charge >= 0.3 is 5.97 Å². The number of carboxylic acids is 1. The number of hydrogen-bond acceptors (Lipinski definition) is 2. The van der Waals surface area contributed by atoms with E-state index in [1.807, 2.05) is 0 Å². The first kappa shape index (κ1) is 13.4. The molecule has 0 saturated heterocycles. The van der Waals surface area contributed by atoms with Crippen LogP contribution in [-0.4, -0.2) is 16.9 Å². The zero-order valence-corrected chi connectivity index (χ0v) is 8.62. The minimum Gasteiger partial charge on any atom is -0.481 e. The summed E-state index contributed by atoms with van der Waals surface area (Å²) in [4.78, 5) is 21.3. The lowest BCUT2D eigenvalue weighted by Gasteiger charge is -2.06. The molecule has 0 aliphatic carbocycles. The van der Waals surface area contributed by atoms with E-state index < -0.39 is 52.0 Å². The number of hydrogen-bond donors (Lipinski definition) is 1. The number of aliphatic carboxylic acids is 1. The van der Waals surface area contributed by atoms with Gasteiger partial charge in [0.1, 0.15) is 11.4 Å². The summed E-state index contributed by atoms with van der Waals surface area (Å²) in [6.07, 6.45) is -1.27. The Hall–Kier alpha value is -1.63. The first-order valence-corrected chi connectivity index (χ1v) is 4.41. The van der Waals surface area contributed by atoms with Crippen molar-refractivity contribution < 1.29 is 32.3 Å². The molecule has 0 atom stereocenters. The Morgan fingerprint density at radius 1 is 1.00 bits per heavy atom. The summed E-state index contributed by atoms with van der Waals surface area (Å²) in [6.45, 7) is 0. The average molecular weight is 271 g/mol. The number of Topliss-reactive ketones (excluding diaryl/α,β-unsaturated/α-hetero) is 1. The van der Waals surface area contributed by atoms with Gasteiger partial charge in [0, 0.05) is 0 Å². The van der Waals surface area contributed by atoms with E-state index >= 15 is 0 Å². The molecule has 0 aliphatic rings. The Morgan fingerprint density at radius 2 is 1.53 bits per heavy atom. The van der Waals surface area contributed by atoms with Crippen LogP contribution < -0.4 is 0 Å². The van der Waals surface area contributed by atoms with Crippen molar-refractivity contribution in [3.05, 3.63) is 33.9 Å². The molecule has 0 saturated carbocycles. The Morgan fingerprint density at radius 3 is 2.00 bits per heavy atom. The van der Waals surface area contributed by atoms with Gasteiger partial charge in [-0.25, -0.2) is 17.6 Å². The lowest BCUT2D eigenvalue weighted by Crippen LogP contribution is -2.14. The Balaban J connectivity index is 3.44. The SMILES string of the molecule is O=C(O)CC(=O)c1c(F)c(F)c(F)c(Cl)c1F. The summed E-state index contributed by atoms with van der Waals surface area (Å²) in [5.41, 5.74) is -1.50. The maximum absolute atomic E-state index is 13.2. The van der Waals surface area contributed by atoms with Crippen LogP contribution in [0.25, 0.3) is 0 Å². The quantitative estimate of drug-likeness (QED) is 0.302. The van der Waals surface area contributed by atoms with E-state index in [1.165, 1.54) is 0 Å². The molecule has 1 N–H and O–H groups in total. The second kappa shape index (κ2) is 4.70. The number of carboxylic acid groups (broad SMARTS) is 1. The molecular weight excluding hydrogens is 268 g/mol. The molecule has 3 nitrogen and oxygen atoms in total. The van der Waals surface area contributed by atoms with Crippen molar-refractivity contribution in [2.24, 2.45) is 0 Å². The third-order valence-corrected chi connectivity index (χ3v) is 2.13. The minimum atomic E-state index is -2.13. The largest absolute Gasteiger partial charge is 0.481 e. The van der Waals surface area contributed by atoms with Crippen LogP contribution >= 0.6 is 11.6 Å². The highest BCUT2D eigenvalue weighted by atomic mass is 35.5. The Kier molecular flexibility index (Phi) is 3.72. The molecule has 1 aromatic carbocycles. The third kappa shape index (κ3) is 2.38. The molecule has 0 heterocycles. The van der Waals surface area contributed by atoms with Crippen molar-refractivity contribution in [2.45, 2.75) is 6.42 Å². The summed E-state index contributed by atoms with van der Waals surface area (Å²) < 4.78 is 51.9. The zero-order valence-electron chi connectivity index (χ0n) is 7.86. The van der Waals surface area contributed by atoms with Crippen molar-refractivity contribution in [2.75, 3.05) is 0 Å². The number of carbonyl (C=O) groups is 2. The van der Waals surface area contributed by atoms with Crippen LogP contribution in [-0.2, 0) is 4.79 Å². The van der Waals surface area contributed by atoms with Crippen molar-refractivity contribution in [3.8, 4) is 0 Å². The molecular formula is C9H3ClF4O3. The zero-order chi connectivity index (χ0) is 13.3. The maximum atomic E-state index is 13.2. The van der Waals surface area contributed by atoms with Gasteiger partial charge in [0.25, 0.3) is 0 Å². The fourth-order valence-electron chi connectivity index (χ4n) is 1.08. The van der Waals surface area contributed by atoms with Gasteiger partial charge in [-0.2, -0.15) is 0 Å². The second-order valence-corrected chi connectivity index (χ2v) is 3.32. The highest BCUT2D eigenvalue weighted by Gasteiger charge is 2.29. The van der Waals surface area contributed by atoms with Crippen molar-refractivity contribution in [1.29, 1.82) is 0 Å². The van der Waals surface area contributed by atoms with Gasteiger partial charge in [-0.05, 0) is 0 Å². The van der Waals surface area contributed by atoms with Crippen LogP contribution in [0.2, 0.25) is 5.02 Å². The molecule has 0 radical (unpaired) electrons. The van der Waals surface area contributed by atoms with Crippen molar-refractivity contribution in [3.63, 3.8) is 0 Å². The fraction of sp³-hybridized carbons (Fsp3) is 0.111. The Labute approximate surface area is 96.6 Å². The van der Waals surface area contributed by atoms with Gasteiger partial charge in [0.15, 0.2) is 29.1 Å². The second-order valence-electron chi connectivity index (χ2n) is 2.94. The summed E-state index contributed by atoms with van der Waals surface area (Å²) in [5.74, 6) is -11.3. The molecule has 1 aromatic rings. The summed E-state index contributed by atoms with van der Waals surface area (Å²) in [6, 6.07) is 0. The Bertz CT molecular complexity index is 486. The monoisotopic (exact) mass is 270 g/mol. The van der Waals surface area contributed by atoms with Crippen molar-refractivity contribution in [1.82, 2.24) is 0 Å². The van der Waals surface area contributed by atoms with Gasteiger partial charge < -0.3 is 5.11 Å². The molecule has 0 aromatic heterocycles. The van der Waals surface area contributed by atoms with E-state index in [0.717, 1.165) is 0 Å². The minimum absolute atomic E-state index is 1.27. The first-order chi connectivity index (χ1) is 7.77. The molecule has 17 heavy (non-hydrogen) atoms. The number of halogens is 5. The van der Waals surface area contributed by atoms with Gasteiger partial charge in [-0.15, -0.1) is 0 Å². The smallest absolute Gasteiger partial charge is 0.311 e. The number of rotatable bonds is 3. The third-order valence-electron chi connectivity index (χ3n) is 1.80. The molecule has 0 bridgehead atoms. The first-order valence-electron chi connectivity index (χ1n) is 4.03.